The van der Waals surface area contributed by atoms with Crippen molar-refractivity contribution in [2.75, 3.05) is 0 Å². The summed E-state index contributed by atoms with van der Waals surface area (Å²) in [5.74, 6) is -1.75. The molecule has 1 aliphatic heterocycles. The van der Waals surface area contributed by atoms with Crippen LogP contribution in [0.5, 0.6) is 0 Å². The third-order valence-electron chi connectivity index (χ3n) is 1.25. The molecule has 0 unspecified atom stereocenters. The first kappa shape index (κ1) is 7.40. The molecule has 56 valence electrons. The minimum atomic E-state index is -1.16. The number of carbonyl (C=O) groups is 2. The van der Waals surface area contributed by atoms with Crippen LogP contribution in [0.15, 0.2) is 28.8 Å². The van der Waals surface area contributed by atoms with Gasteiger partial charge >= 0.3 is 5.97 Å². The SMILES string of the molecule is C=C1C(=O)N=CC=C1C(=O)O. The van der Waals surface area contributed by atoms with Gasteiger partial charge in [-0.1, -0.05) is 6.58 Å². The summed E-state index contributed by atoms with van der Waals surface area (Å²) in [4.78, 5) is 24.4. The molecule has 1 heterocycles. The number of rotatable bonds is 1. The van der Waals surface area contributed by atoms with E-state index in [1.807, 2.05) is 0 Å². The number of carbonyl (C=O) groups excluding carboxylic acids is 1. The number of allylic oxidation sites excluding steroid dienone is 1. The summed E-state index contributed by atoms with van der Waals surface area (Å²) in [6.07, 6.45) is 2.40. The number of aliphatic imine (C=N–C) groups is 1. The summed E-state index contributed by atoms with van der Waals surface area (Å²) in [5, 5.41) is 8.48. The van der Waals surface area contributed by atoms with Crippen LogP contribution in [0.2, 0.25) is 0 Å². The van der Waals surface area contributed by atoms with Gasteiger partial charge in [0, 0.05) is 11.8 Å². The van der Waals surface area contributed by atoms with E-state index in [4.69, 9.17) is 5.11 Å². The minimum Gasteiger partial charge on any atom is -0.478 e. The van der Waals surface area contributed by atoms with E-state index in [0.29, 0.717) is 0 Å². The highest BCUT2D eigenvalue weighted by Gasteiger charge is 2.18. The Labute approximate surface area is 62.6 Å². The molecule has 0 spiro atoms. The summed E-state index contributed by atoms with van der Waals surface area (Å²) >= 11 is 0. The topological polar surface area (TPSA) is 66.7 Å². The summed E-state index contributed by atoms with van der Waals surface area (Å²) in [7, 11) is 0. The molecule has 11 heavy (non-hydrogen) atoms. The number of amides is 1. The van der Waals surface area contributed by atoms with Crippen molar-refractivity contribution in [1.82, 2.24) is 0 Å². The molecule has 0 aromatic rings. The molecule has 0 saturated carbocycles. The van der Waals surface area contributed by atoms with Crippen molar-refractivity contribution >= 4 is 18.1 Å². The first-order valence-corrected chi connectivity index (χ1v) is 2.84. The van der Waals surface area contributed by atoms with Gasteiger partial charge in [0.1, 0.15) is 0 Å². The summed E-state index contributed by atoms with van der Waals surface area (Å²) in [6.45, 7) is 3.29. The number of nitrogens with zero attached hydrogens (tertiary/aromatic N) is 1. The highest BCUT2D eigenvalue weighted by molar-refractivity contribution is 6.15. The van der Waals surface area contributed by atoms with Crippen LogP contribution in [-0.4, -0.2) is 23.2 Å². The number of hydrogen-bond donors (Lipinski definition) is 1. The maximum Gasteiger partial charge on any atom is 0.336 e. The average molecular weight is 151 g/mol. The average Bonchev–Trinajstić information content (AvgIpc) is 1.94. The molecule has 0 saturated heterocycles. The van der Waals surface area contributed by atoms with Gasteiger partial charge in [-0.15, -0.1) is 0 Å². The molecular weight excluding hydrogens is 146 g/mol. The maximum absolute atomic E-state index is 10.7. The van der Waals surface area contributed by atoms with E-state index in [1.54, 1.807) is 0 Å². The Hall–Kier alpha value is -1.71. The van der Waals surface area contributed by atoms with Crippen LogP contribution in [0.3, 0.4) is 0 Å². The molecular formula is C7H5NO3. The molecule has 0 fully saturated rings. The Kier molecular flexibility index (Phi) is 1.68. The van der Waals surface area contributed by atoms with E-state index in [-0.39, 0.29) is 11.1 Å². The Morgan fingerprint density at radius 3 is 2.73 bits per heavy atom. The molecule has 0 atom stereocenters. The van der Waals surface area contributed by atoms with Crippen LogP contribution in [-0.2, 0) is 9.59 Å². The van der Waals surface area contributed by atoms with Gasteiger partial charge < -0.3 is 5.11 Å². The van der Waals surface area contributed by atoms with Crippen LogP contribution in [0.4, 0.5) is 0 Å². The van der Waals surface area contributed by atoms with Gasteiger partial charge in [0.2, 0.25) is 0 Å². The Bertz CT molecular complexity index is 299. The molecule has 0 radical (unpaired) electrons. The zero-order valence-electron chi connectivity index (χ0n) is 5.57. The fourth-order valence-electron chi connectivity index (χ4n) is 0.674. The van der Waals surface area contributed by atoms with Crippen molar-refractivity contribution in [3.8, 4) is 0 Å². The maximum atomic E-state index is 10.7. The van der Waals surface area contributed by atoms with Gasteiger partial charge in [-0.3, -0.25) is 4.79 Å². The smallest absolute Gasteiger partial charge is 0.336 e. The van der Waals surface area contributed by atoms with Gasteiger partial charge in [0.25, 0.3) is 5.91 Å². The zero-order valence-corrected chi connectivity index (χ0v) is 5.57. The van der Waals surface area contributed by atoms with E-state index < -0.39 is 11.9 Å². The van der Waals surface area contributed by atoms with Crippen LogP contribution in [0.25, 0.3) is 0 Å². The van der Waals surface area contributed by atoms with Crippen molar-refractivity contribution in [3.05, 3.63) is 23.8 Å². The number of carboxylic acid groups (broad SMARTS) is 1. The molecule has 0 bridgehead atoms. The molecule has 1 rings (SSSR count). The first-order chi connectivity index (χ1) is 5.13. The first-order valence-electron chi connectivity index (χ1n) is 2.84. The van der Waals surface area contributed by atoms with E-state index in [0.717, 1.165) is 6.21 Å². The predicted molar refractivity (Wildman–Crippen MR) is 38.4 cm³/mol. The fourth-order valence-corrected chi connectivity index (χ4v) is 0.674. The van der Waals surface area contributed by atoms with Gasteiger partial charge in [0.15, 0.2) is 0 Å². The molecule has 0 aromatic heterocycles. The third kappa shape index (κ3) is 1.24. The lowest BCUT2D eigenvalue weighted by Crippen LogP contribution is -2.12. The van der Waals surface area contributed by atoms with Crippen molar-refractivity contribution < 1.29 is 14.7 Å². The normalized spacial score (nSPS) is 16.5. The number of dihydropyridines is 1. The van der Waals surface area contributed by atoms with Gasteiger partial charge in [-0.2, -0.15) is 0 Å². The second-order valence-corrected chi connectivity index (χ2v) is 1.95. The number of hydrogen-bond acceptors (Lipinski definition) is 2. The molecule has 4 heteroatoms. The standard InChI is InChI=1S/C7H5NO3/c1-4-5(7(10)11)2-3-8-6(4)9/h2-3H,1H2,(H,10,11). The van der Waals surface area contributed by atoms with Crippen LogP contribution in [0, 0.1) is 0 Å². The quantitative estimate of drug-likeness (QED) is 0.543. The number of carboxylic acids is 1. The lowest BCUT2D eigenvalue weighted by Gasteiger charge is -2.03. The summed E-state index contributed by atoms with van der Waals surface area (Å²) < 4.78 is 0. The minimum absolute atomic E-state index is 0.0694. The number of aliphatic carboxylic acids is 1. The largest absolute Gasteiger partial charge is 0.478 e. The predicted octanol–water partition coefficient (Wildman–Crippen LogP) is 0.165. The van der Waals surface area contributed by atoms with E-state index >= 15 is 0 Å². The van der Waals surface area contributed by atoms with Crippen LogP contribution < -0.4 is 0 Å². The van der Waals surface area contributed by atoms with Crippen molar-refractivity contribution in [3.63, 3.8) is 0 Å². The lowest BCUT2D eigenvalue weighted by molar-refractivity contribution is -0.132. The molecule has 0 aliphatic carbocycles. The van der Waals surface area contributed by atoms with Gasteiger partial charge in [0.05, 0.1) is 5.57 Å². The summed E-state index contributed by atoms with van der Waals surface area (Å²) in [5.41, 5.74) is -0.162. The van der Waals surface area contributed by atoms with Crippen molar-refractivity contribution in [2.24, 2.45) is 4.99 Å². The molecule has 4 nitrogen and oxygen atoms in total. The Morgan fingerprint density at radius 1 is 1.64 bits per heavy atom. The van der Waals surface area contributed by atoms with Crippen LogP contribution >= 0.6 is 0 Å². The second kappa shape index (κ2) is 2.49. The lowest BCUT2D eigenvalue weighted by atomic mass is 10.1. The van der Waals surface area contributed by atoms with Crippen LogP contribution in [0.1, 0.15) is 0 Å². The molecule has 1 amide bonds. The third-order valence-corrected chi connectivity index (χ3v) is 1.25. The molecule has 1 aliphatic rings. The molecule has 1 N–H and O–H groups in total. The Balaban J connectivity index is 3.06. The summed E-state index contributed by atoms with van der Waals surface area (Å²) in [6, 6.07) is 0. The highest BCUT2D eigenvalue weighted by Crippen LogP contribution is 2.12. The van der Waals surface area contributed by atoms with E-state index in [9.17, 15) is 9.59 Å². The zero-order chi connectivity index (χ0) is 8.43. The van der Waals surface area contributed by atoms with Crippen molar-refractivity contribution in [2.45, 2.75) is 0 Å². The monoisotopic (exact) mass is 151 g/mol. The Morgan fingerprint density at radius 2 is 2.27 bits per heavy atom. The highest BCUT2D eigenvalue weighted by atomic mass is 16.4. The second-order valence-electron chi connectivity index (χ2n) is 1.95. The van der Waals surface area contributed by atoms with Crippen molar-refractivity contribution in [1.29, 1.82) is 0 Å². The molecule has 0 aromatic carbocycles. The fraction of sp³-hybridized carbons (Fsp3) is 0. The van der Waals surface area contributed by atoms with Gasteiger partial charge in [-0.05, 0) is 6.08 Å². The van der Waals surface area contributed by atoms with E-state index in [1.165, 1.54) is 6.08 Å². The van der Waals surface area contributed by atoms with E-state index in [2.05, 4.69) is 11.6 Å². The van der Waals surface area contributed by atoms with Gasteiger partial charge in [-0.25, -0.2) is 9.79 Å².